The van der Waals surface area contributed by atoms with Crippen molar-refractivity contribution in [3.05, 3.63) is 101 Å². The molecular formula is C24H21N3O4S. The highest BCUT2D eigenvalue weighted by molar-refractivity contribution is 7.89. The highest BCUT2D eigenvalue weighted by atomic mass is 32.2. The van der Waals surface area contributed by atoms with Crippen LogP contribution in [0.15, 0.2) is 93.3 Å². The average molecular weight is 448 g/mol. The number of hydrogen-bond donors (Lipinski definition) is 2. The van der Waals surface area contributed by atoms with E-state index < -0.39 is 15.9 Å². The molecule has 0 saturated heterocycles. The van der Waals surface area contributed by atoms with Crippen molar-refractivity contribution in [2.45, 2.75) is 18.7 Å². The summed E-state index contributed by atoms with van der Waals surface area (Å²) in [5, 5.41) is 7.46. The molecule has 3 aromatic carbocycles. The number of nitrogens with zero attached hydrogens (tertiary/aromatic N) is 1. The fourth-order valence-corrected chi connectivity index (χ4v) is 3.89. The number of hydrogen-bond acceptors (Lipinski definition) is 5. The summed E-state index contributed by atoms with van der Waals surface area (Å²) in [7, 11) is -3.94. The molecule has 0 aliphatic carbocycles. The van der Waals surface area contributed by atoms with Crippen LogP contribution in [0.4, 0.5) is 5.69 Å². The van der Waals surface area contributed by atoms with Gasteiger partial charge in [-0.1, -0.05) is 54.1 Å². The lowest BCUT2D eigenvalue weighted by Crippen LogP contribution is -2.27. The topological polar surface area (TPSA) is 101 Å². The van der Waals surface area contributed by atoms with Crippen molar-refractivity contribution < 1.29 is 17.6 Å². The van der Waals surface area contributed by atoms with Crippen LogP contribution < -0.4 is 15.7 Å². The summed E-state index contributed by atoms with van der Waals surface area (Å²) < 4.78 is 31.1. The van der Waals surface area contributed by atoms with Gasteiger partial charge in [-0.05, 0) is 49.7 Å². The number of carbonyl (C=O) groups is 1. The summed E-state index contributed by atoms with van der Waals surface area (Å²) in [5.74, 6) is -0.470. The fraction of sp³-hybridized carbons (Fsp3) is 0.0833. The third-order valence-electron chi connectivity index (χ3n) is 4.89. The van der Waals surface area contributed by atoms with Gasteiger partial charge in [0.2, 0.25) is 5.55 Å². The molecule has 1 aromatic heterocycles. The fourth-order valence-electron chi connectivity index (χ4n) is 3.09. The zero-order valence-electron chi connectivity index (χ0n) is 17.5. The molecule has 1 amide bonds. The maximum atomic E-state index is 13.1. The highest BCUT2D eigenvalue weighted by Crippen LogP contribution is 2.17. The van der Waals surface area contributed by atoms with Gasteiger partial charge in [-0.15, -0.1) is 5.10 Å². The van der Waals surface area contributed by atoms with Crippen molar-refractivity contribution in [3.63, 3.8) is 0 Å². The van der Waals surface area contributed by atoms with Crippen molar-refractivity contribution in [2.75, 3.05) is 5.32 Å². The first-order valence-corrected chi connectivity index (χ1v) is 11.3. The van der Waals surface area contributed by atoms with Crippen LogP contribution in [0.3, 0.4) is 0 Å². The Morgan fingerprint density at radius 1 is 0.906 bits per heavy atom. The van der Waals surface area contributed by atoms with Gasteiger partial charge in [0.15, 0.2) is 0 Å². The molecular weight excluding hydrogens is 426 g/mol. The van der Waals surface area contributed by atoms with E-state index in [0.29, 0.717) is 16.7 Å². The first kappa shape index (κ1) is 21.3. The summed E-state index contributed by atoms with van der Waals surface area (Å²) in [4.78, 5) is 15.3. The quantitative estimate of drug-likeness (QED) is 0.450. The van der Waals surface area contributed by atoms with Gasteiger partial charge >= 0.3 is 0 Å². The number of benzene rings is 3. The molecule has 0 saturated carbocycles. The Kier molecular flexibility index (Phi) is 5.79. The smallest absolute Gasteiger partial charge is 0.276 e. The summed E-state index contributed by atoms with van der Waals surface area (Å²) in [5.41, 5.74) is 2.87. The van der Waals surface area contributed by atoms with Crippen LogP contribution in [0.1, 0.15) is 21.5 Å². The summed E-state index contributed by atoms with van der Waals surface area (Å²) >= 11 is 0. The van der Waals surface area contributed by atoms with E-state index in [2.05, 4.69) is 15.2 Å². The lowest BCUT2D eigenvalue weighted by Gasteiger charge is -2.09. The Balaban J connectivity index is 1.76. The molecule has 0 spiro atoms. The molecule has 162 valence electrons. The van der Waals surface area contributed by atoms with E-state index in [4.69, 9.17) is 4.42 Å². The second-order valence-electron chi connectivity index (χ2n) is 7.29. The average Bonchev–Trinajstić information content (AvgIpc) is 2.79. The van der Waals surface area contributed by atoms with Crippen molar-refractivity contribution >= 4 is 32.6 Å². The van der Waals surface area contributed by atoms with Crippen LogP contribution in [0.2, 0.25) is 0 Å². The molecule has 0 radical (unpaired) electrons. The van der Waals surface area contributed by atoms with Gasteiger partial charge in [-0.2, -0.15) is 13.2 Å². The number of carbonyl (C=O) groups excluding carboxylic acids is 1. The minimum atomic E-state index is -3.94. The first-order valence-electron chi connectivity index (χ1n) is 9.85. The standard InChI is InChI=1S/C24H21N3O4S/c1-16-11-13-19(14-12-16)32(29,30)27-26-24-20(15-18-8-4-6-10-22(18)31-24)23(28)25-21-9-5-3-7-17(21)2/h3-15,27H,1-2H3,(H,25,28)/b26-24+. The number of sulfonamides is 1. The third-order valence-corrected chi connectivity index (χ3v) is 6.12. The van der Waals surface area contributed by atoms with E-state index in [-0.39, 0.29) is 16.0 Å². The van der Waals surface area contributed by atoms with Crippen LogP contribution in [-0.2, 0) is 10.0 Å². The predicted molar refractivity (Wildman–Crippen MR) is 122 cm³/mol. The monoisotopic (exact) mass is 447 g/mol. The van der Waals surface area contributed by atoms with E-state index in [0.717, 1.165) is 11.1 Å². The zero-order chi connectivity index (χ0) is 22.7. The molecule has 4 aromatic rings. The van der Waals surface area contributed by atoms with E-state index in [1.54, 1.807) is 42.5 Å². The first-order chi connectivity index (χ1) is 15.3. The van der Waals surface area contributed by atoms with Crippen molar-refractivity contribution in [2.24, 2.45) is 5.10 Å². The second kappa shape index (κ2) is 8.68. The Bertz CT molecular complexity index is 1470. The SMILES string of the molecule is Cc1ccc(S(=O)(=O)N/N=c2/oc3ccccc3cc2C(=O)Nc2ccccc2C)cc1. The lowest BCUT2D eigenvalue weighted by atomic mass is 10.1. The molecule has 0 atom stereocenters. The molecule has 8 heteroatoms. The van der Waals surface area contributed by atoms with Gasteiger partial charge in [0.05, 0.1) is 4.90 Å². The largest absolute Gasteiger partial charge is 0.436 e. The van der Waals surface area contributed by atoms with E-state index in [1.807, 2.05) is 38.1 Å². The van der Waals surface area contributed by atoms with Crippen molar-refractivity contribution in [1.82, 2.24) is 4.83 Å². The molecule has 0 unspecified atom stereocenters. The Morgan fingerprint density at radius 2 is 1.59 bits per heavy atom. The van der Waals surface area contributed by atoms with Crippen molar-refractivity contribution in [1.29, 1.82) is 0 Å². The molecule has 2 N–H and O–H groups in total. The summed E-state index contributed by atoms with van der Waals surface area (Å²) in [6.07, 6.45) is 0. The van der Waals surface area contributed by atoms with Gasteiger partial charge in [0.25, 0.3) is 15.9 Å². The number of fused-ring (bicyclic) bond motifs is 1. The Hall–Kier alpha value is -3.91. The number of aryl methyl sites for hydroxylation is 2. The molecule has 4 rings (SSSR count). The molecule has 1 heterocycles. The van der Waals surface area contributed by atoms with Gasteiger partial charge in [-0.3, -0.25) is 4.79 Å². The Labute approximate surface area is 185 Å². The third kappa shape index (κ3) is 4.55. The predicted octanol–water partition coefficient (Wildman–Crippen LogP) is 4.10. The summed E-state index contributed by atoms with van der Waals surface area (Å²) in [6.45, 7) is 3.74. The highest BCUT2D eigenvalue weighted by Gasteiger charge is 2.16. The Morgan fingerprint density at radius 3 is 2.34 bits per heavy atom. The maximum absolute atomic E-state index is 13.1. The van der Waals surface area contributed by atoms with Crippen LogP contribution in [-0.4, -0.2) is 14.3 Å². The minimum absolute atomic E-state index is 0.0542. The minimum Gasteiger partial charge on any atom is -0.436 e. The lowest BCUT2D eigenvalue weighted by molar-refractivity contribution is 0.102. The molecule has 0 bridgehead atoms. The van der Waals surface area contributed by atoms with E-state index in [1.165, 1.54) is 12.1 Å². The molecule has 0 aliphatic rings. The normalized spacial score (nSPS) is 12.0. The zero-order valence-corrected chi connectivity index (χ0v) is 18.3. The van der Waals surface area contributed by atoms with Gasteiger partial charge < -0.3 is 9.73 Å². The number of amides is 1. The molecule has 0 aliphatic heterocycles. The summed E-state index contributed by atoms with van der Waals surface area (Å²) in [6, 6.07) is 22.4. The van der Waals surface area contributed by atoms with Gasteiger partial charge in [0.1, 0.15) is 11.1 Å². The maximum Gasteiger partial charge on any atom is 0.276 e. The molecule has 0 fully saturated rings. The van der Waals surface area contributed by atoms with Crippen LogP contribution in [0, 0.1) is 13.8 Å². The number of para-hydroxylation sites is 2. The van der Waals surface area contributed by atoms with Crippen molar-refractivity contribution in [3.8, 4) is 0 Å². The van der Waals surface area contributed by atoms with E-state index in [9.17, 15) is 13.2 Å². The van der Waals surface area contributed by atoms with Gasteiger partial charge in [0, 0.05) is 11.1 Å². The van der Waals surface area contributed by atoms with Crippen LogP contribution in [0.25, 0.3) is 11.0 Å². The molecule has 32 heavy (non-hydrogen) atoms. The van der Waals surface area contributed by atoms with E-state index >= 15 is 0 Å². The van der Waals surface area contributed by atoms with Crippen LogP contribution >= 0.6 is 0 Å². The van der Waals surface area contributed by atoms with Crippen LogP contribution in [0.5, 0.6) is 0 Å². The second-order valence-corrected chi connectivity index (χ2v) is 8.95. The number of nitrogens with one attached hydrogen (secondary N) is 2. The number of anilines is 1. The van der Waals surface area contributed by atoms with Gasteiger partial charge in [-0.25, -0.2) is 0 Å². The number of rotatable bonds is 5. The molecule has 7 nitrogen and oxygen atoms in total.